The number of nitrogens with one attached hydrogen (secondary N) is 1. The molecule has 1 aromatic rings. The van der Waals surface area contributed by atoms with Crippen molar-refractivity contribution in [1.82, 2.24) is 4.98 Å². The quantitative estimate of drug-likeness (QED) is 0.916. The van der Waals surface area contributed by atoms with Gasteiger partial charge in [-0.3, -0.25) is 4.79 Å². The van der Waals surface area contributed by atoms with Gasteiger partial charge < -0.3 is 5.32 Å². The maximum Gasteiger partial charge on any atom is 0.228 e. The fourth-order valence-electron chi connectivity index (χ4n) is 1.52. The number of carbonyl (C=O) groups is 1. The van der Waals surface area contributed by atoms with Crippen molar-refractivity contribution in [3.05, 3.63) is 22.8 Å². The molecule has 2 rings (SSSR count). The van der Waals surface area contributed by atoms with E-state index in [0.717, 1.165) is 4.47 Å². The lowest BCUT2D eigenvalue weighted by molar-refractivity contribution is -0.119. The maximum atomic E-state index is 11.8. The average molecular weight is 269 g/mol. The van der Waals surface area contributed by atoms with Gasteiger partial charge in [0.15, 0.2) is 0 Å². The van der Waals surface area contributed by atoms with Crippen LogP contribution < -0.4 is 5.32 Å². The molecule has 1 fully saturated rings. The molecular weight excluding hydrogens is 256 g/mol. The Labute approximate surface area is 97.4 Å². The summed E-state index contributed by atoms with van der Waals surface area (Å²) in [4.78, 5) is 15.9. The summed E-state index contributed by atoms with van der Waals surface area (Å²) in [5, 5.41) is 2.83. The van der Waals surface area contributed by atoms with Crippen LogP contribution in [0.3, 0.4) is 0 Å². The smallest absolute Gasteiger partial charge is 0.228 e. The number of anilines is 1. The van der Waals surface area contributed by atoms with Crippen molar-refractivity contribution >= 4 is 27.7 Å². The third-order valence-electron chi connectivity index (χ3n) is 2.74. The predicted molar refractivity (Wildman–Crippen MR) is 62.5 cm³/mol. The van der Waals surface area contributed by atoms with Crippen LogP contribution in [0.5, 0.6) is 0 Å². The van der Waals surface area contributed by atoms with E-state index in [1.54, 1.807) is 6.20 Å². The van der Waals surface area contributed by atoms with Crippen molar-refractivity contribution in [1.29, 1.82) is 0 Å². The SMILES string of the molecule is CC(C(=O)Nc1ncccc1Br)C1CC1. The molecule has 1 unspecified atom stereocenters. The highest BCUT2D eigenvalue weighted by Gasteiger charge is 2.32. The van der Waals surface area contributed by atoms with Crippen molar-refractivity contribution in [2.75, 3.05) is 5.32 Å². The van der Waals surface area contributed by atoms with Crippen LogP contribution in [0.2, 0.25) is 0 Å². The van der Waals surface area contributed by atoms with E-state index in [0.29, 0.717) is 11.7 Å². The Morgan fingerprint density at radius 1 is 1.67 bits per heavy atom. The van der Waals surface area contributed by atoms with Gasteiger partial charge in [0.1, 0.15) is 5.82 Å². The van der Waals surface area contributed by atoms with E-state index in [2.05, 4.69) is 26.2 Å². The van der Waals surface area contributed by atoms with Crippen LogP contribution in [0.25, 0.3) is 0 Å². The van der Waals surface area contributed by atoms with Gasteiger partial charge in [-0.1, -0.05) is 6.92 Å². The summed E-state index contributed by atoms with van der Waals surface area (Å²) in [7, 11) is 0. The molecule has 4 heteroatoms. The number of amides is 1. The maximum absolute atomic E-state index is 11.8. The van der Waals surface area contributed by atoms with Gasteiger partial charge in [-0.25, -0.2) is 4.98 Å². The molecule has 0 saturated heterocycles. The normalized spacial score (nSPS) is 17.2. The largest absolute Gasteiger partial charge is 0.310 e. The highest BCUT2D eigenvalue weighted by Crippen LogP contribution is 2.37. The zero-order valence-electron chi connectivity index (χ0n) is 8.53. The molecule has 15 heavy (non-hydrogen) atoms. The highest BCUT2D eigenvalue weighted by molar-refractivity contribution is 9.10. The number of aromatic nitrogens is 1. The first-order valence-corrected chi connectivity index (χ1v) is 5.89. The Kier molecular flexibility index (Phi) is 3.05. The monoisotopic (exact) mass is 268 g/mol. The number of nitrogens with zero attached hydrogens (tertiary/aromatic N) is 1. The molecule has 0 aromatic carbocycles. The summed E-state index contributed by atoms with van der Waals surface area (Å²) < 4.78 is 0.821. The molecule has 1 aliphatic carbocycles. The van der Waals surface area contributed by atoms with Crippen molar-refractivity contribution < 1.29 is 4.79 Å². The topological polar surface area (TPSA) is 42.0 Å². The summed E-state index contributed by atoms with van der Waals surface area (Å²) in [5.74, 6) is 1.35. The lowest BCUT2D eigenvalue weighted by atomic mass is 10.1. The fraction of sp³-hybridized carbons (Fsp3) is 0.455. The molecule has 1 heterocycles. The van der Waals surface area contributed by atoms with Crippen LogP contribution in [0.1, 0.15) is 19.8 Å². The number of carbonyl (C=O) groups excluding carboxylic acids is 1. The molecule has 0 bridgehead atoms. The summed E-state index contributed by atoms with van der Waals surface area (Å²) in [6.45, 7) is 1.98. The summed E-state index contributed by atoms with van der Waals surface area (Å²) in [6, 6.07) is 3.69. The van der Waals surface area contributed by atoms with E-state index in [-0.39, 0.29) is 11.8 Å². The Morgan fingerprint density at radius 3 is 3.00 bits per heavy atom. The number of rotatable bonds is 3. The zero-order chi connectivity index (χ0) is 10.8. The molecular formula is C11H13BrN2O. The third-order valence-corrected chi connectivity index (χ3v) is 3.38. The standard InChI is InChI=1S/C11H13BrN2O/c1-7(8-4-5-8)11(15)14-10-9(12)3-2-6-13-10/h2-3,6-8H,4-5H2,1H3,(H,13,14,15). The number of hydrogen-bond acceptors (Lipinski definition) is 2. The fourth-order valence-corrected chi connectivity index (χ4v) is 1.87. The summed E-state index contributed by atoms with van der Waals surface area (Å²) in [6.07, 6.45) is 4.03. The lowest BCUT2D eigenvalue weighted by Crippen LogP contribution is -2.22. The Bertz CT molecular complexity index is 377. The van der Waals surface area contributed by atoms with Crippen LogP contribution in [0.15, 0.2) is 22.8 Å². The molecule has 1 amide bonds. The van der Waals surface area contributed by atoms with Gasteiger partial charge in [0.25, 0.3) is 0 Å². The molecule has 1 saturated carbocycles. The minimum atomic E-state index is 0.0666. The van der Waals surface area contributed by atoms with Crippen molar-refractivity contribution in [3.8, 4) is 0 Å². The van der Waals surface area contributed by atoms with Crippen molar-refractivity contribution in [2.24, 2.45) is 11.8 Å². The first-order chi connectivity index (χ1) is 7.18. The average Bonchev–Trinajstić information content (AvgIpc) is 3.04. The second-order valence-electron chi connectivity index (χ2n) is 3.95. The number of pyridine rings is 1. The highest BCUT2D eigenvalue weighted by atomic mass is 79.9. The Balaban J connectivity index is 2.02. The molecule has 1 N–H and O–H groups in total. The van der Waals surface area contributed by atoms with Crippen molar-refractivity contribution in [3.63, 3.8) is 0 Å². The third kappa shape index (κ3) is 2.56. The Hall–Kier alpha value is -0.900. The van der Waals surface area contributed by atoms with Gasteiger partial charge in [0.05, 0.1) is 4.47 Å². The minimum absolute atomic E-state index is 0.0666. The van der Waals surface area contributed by atoms with Crippen LogP contribution >= 0.6 is 15.9 Å². The van der Waals surface area contributed by atoms with Crippen LogP contribution in [0.4, 0.5) is 5.82 Å². The van der Waals surface area contributed by atoms with E-state index in [1.807, 2.05) is 19.1 Å². The van der Waals surface area contributed by atoms with Gasteiger partial charge in [-0.15, -0.1) is 0 Å². The Morgan fingerprint density at radius 2 is 2.40 bits per heavy atom. The lowest BCUT2D eigenvalue weighted by Gasteiger charge is -2.11. The van der Waals surface area contributed by atoms with Gasteiger partial charge >= 0.3 is 0 Å². The van der Waals surface area contributed by atoms with E-state index in [1.165, 1.54) is 12.8 Å². The van der Waals surface area contributed by atoms with E-state index < -0.39 is 0 Å². The molecule has 80 valence electrons. The molecule has 0 aliphatic heterocycles. The molecule has 0 radical (unpaired) electrons. The predicted octanol–water partition coefficient (Wildman–Crippen LogP) is 2.83. The number of hydrogen-bond donors (Lipinski definition) is 1. The van der Waals surface area contributed by atoms with Gasteiger partial charge in [0.2, 0.25) is 5.91 Å². The second-order valence-corrected chi connectivity index (χ2v) is 4.80. The molecule has 3 nitrogen and oxygen atoms in total. The van der Waals surface area contributed by atoms with Crippen LogP contribution in [0, 0.1) is 11.8 Å². The molecule has 1 atom stereocenters. The van der Waals surface area contributed by atoms with Gasteiger partial charge in [0, 0.05) is 12.1 Å². The summed E-state index contributed by atoms with van der Waals surface area (Å²) >= 11 is 3.35. The van der Waals surface area contributed by atoms with E-state index >= 15 is 0 Å². The number of halogens is 1. The van der Waals surface area contributed by atoms with Gasteiger partial charge in [-0.05, 0) is 46.8 Å². The van der Waals surface area contributed by atoms with Gasteiger partial charge in [-0.2, -0.15) is 0 Å². The summed E-state index contributed by atoms with van der Waals surface area (Å²) in [5.41, 5.74) is 0. The van der Waals surface area contributed by atoms with Crippen molar-refractivity contribution in [2.45, 2.75) is 19.8 Å². The van der Waals surface area contributed by atoms with Crippen LogP contribution in [-0.4, -0.2) is 10.9 Å². The first kappa shape index (κ1) is 10.6. The first-order valence-electron chi connectivity index (χ1n) is 5.10. The van der Waals surface area contributed by atoms with E-state index in [4.69, 9.17) is 0 Å². The zero-order valence-corrected chi connectivity index (χ0v) is 10.1. The molecule has 1 aromatic heterocycles. The second kappa shape index (κ2) is 4.31. The minimum Gasteiger partial charge on any atom is -0.310 e. The molecule has 1 aliphatic rings. The molecule has 0 spiro atoms. The van der Waals surface area contributed by atoms with Crippen LogP contribution in [-0.2, 0) is 4.79 Å². The van der Waals surface area contributed by atoms with E-state index in [9.17, 15) is 4.79 Å².